The number of aromatic nitrogens is 3. The van der Waals surface area contributed by atoms with E-state index < -0.39 is 0 Å². The van der Waals surface area contributed by atoms with Crippen LogP contribution in [-0.2, 0) is 0 Å². The van der Waals surface area contributed by atoms with Crippen LogP contribution in [-0.4, -0.2) is 33.1 Å². The minimum atomic E-state index is 0.134. The Bertz CT molecular complexity index is 851. The van der Waals surface area contributed by atoms with Gasteiger partial charge in [-0.2, -0.15) is 4.98 Å². The van der Waals surface area contributed by atoms with Gasteiger partial charge in [0.15, 0.2) is 17.3 Å². The first-order valence-electron chi connectivity index (χ1n) is 8.20. The highest BCUT2D eigenvalue weighted by atomic mass is 35.5. The van der Waals surface area contributed by atoms with Gasteiger partial charge in [-0.3, -0.25) is 4.90 Å². The fraction of sp³-hybridized carbons (Fsp3) is 0.471. The number of fused-ring (bicyclic) bond motifs is 1. The topological polar surface area (TPSA) is 68.2 Å². The standard InChI is InChI=1S/C17H19ClN4O2/c1-10(16-19-11(2)21-24-16)22-7-5-12(6-8-22)17-20-14-9-13(18)3-4-15(14)23-17/h3-4,9-10,12H,5-8H2,1-2H3/t10-/m0/s1. The van der Waals surface area contributed by atoms with E-state index in [9.17, 15) is 0 Å². The Morgan fingerprint density at radius 3 is 2.75 bits per heavy atom. The second-order valence-electron chi connectivity index (χ2n) is 6.33. The summed E-state index contributed by atoms with van der Waals surface area (Å²) in [6.45, 7) is 5.85. The van der Waals surface area contributed by atoms with Gasteiger partial charge in [-0.05, 0) is 58.0 Å². The van der Waals surface area contributed by atoms with Crippen LogP contribution in [0.15, 0.2) is 27.1 Å². The largest absolute Gasteiger partial charge is 0.440 e. The van der Waals surface area contributed by atoms with Crippen LogP contribution in [0.5, 0.6) is 0 Å². The summed E-state index contributed by atoms with van der Waals surface area (Å²) < 4.78 is 11.2. The number of nitrogens with zero attached hydrogens (tertiary/aromatic N) is 4. The number of hydrogen-bond acceptors (Lipinski definition) is 6. The number of rotatable bonds is 3. The molecule has 3 aromatic rings. The van der Waals surface area contributed by atoms with E-state index in [1.54, 1.807) is 0 Å². The molecule has 24 heavy (non-hydrogen) atoms. The average molecular weight is 347 g/mol. The number of benzene rings is 1. The van der Waals surface area contributed by atoms with Crippen molar-refractivity contribution in [1.29, 1.82) is 0 Å². The van der Waals surface area contributed by atoms with Gasteiger partial charge in [-0.25, -0.2) is 4.98 Å². The zero-order valence-electron chi connectivity index (χ0n) is 13.7. The zero-order valence-corrected chi connectivity index (χ0v) is 14.5. The molecule has 0 radical (unpaired) electrons. The molecule has 0 bridgehead atoms. The Hall–Kier alpha value is -1.92. The highest BCUT2D eigenvalue weighted by Gasteiger charge is 2.29. The third-order valence-electron chi connectivity index (χ3n) is 4.69. The molecule has 126 valence electrons. The van der Waals surface area contributed by atoms with Crippen molar-refractivity contribution < 1.29 is 8.94 Å². The lowest BCUT2D eigenvalue weighted by Crippen LogP contribution is -2.35. The third kappa shape index (κ3) is 2.91. The van der Waals surface area contributed by atoms with Gasteiger partial charge in [0.1, 0.15) is 5.52 Å². The minimum Gasteiger partial charge on any atom is -0.440 e. The fourth-order valence-corrected chi connectivity index (χ4v) is 3.43. The van der Waals surface area contributed by atoms with Crippen LogP contribution in [0.1, 0.15) is 49.3 Å². The van der Waals surface area contributed by atoms with Crippen LogP contribution in [0, 0.1) is 6.92 Å². The van der Waals surface area contributed by atoms with Gasteiger partial charge >= 0.3 is 0 Å². The molecule has 4 rings (SSSR count). The molecular formula is C17H19ClN4O2. The normalized spacial score (nSPS) is 18.3. The lowest BCUT2D eigenvalue weighted by atomic mass is 9.96. The number of aryl methyl sites for hydroxylation is 1. The van der Waals surface area contributed by atoms with E-state index in [0.717, 1.165) is 42.9 Å². The van der Waals surface area contributed by atoms with Gasteiger partial charge in [0.2, 0.25) is 5.89 Å². The highest BCUT2D eigenvalue weighted by molar-refractivity contribution is 6.31. The van der Waals surface area contributed by atoms with Crippen molar-refractivity contribution in [2.75, 3.05) is 13.1 Å². The molecule has 6 nitrogen and oxygen atoms in total. The summed E-state index contributed by atoms with van der Waals surface area (Å²) in [7, 11) is 0. The maximum absolute atomic E-state index is 6.02. The van der Waals surface area contributed by atoms with Gasteiger partial charge < -0.3 is 8.94 Å². The lowest BCUT2D eigenvalue weighted by molar-refractivity contribution is 0.131. The van der Waals surface area contributed by atoms with Crippen LogP contribution in [0.3, 0.4) is 0 Å². The molecule has 2 aromatic heterocycles. The quantitative estimate of drug-likeness (QED) is 0.710. The summed E-state index contributed by atoms with van der Waals surface area (Å²) in [6, 6.07) is 5.69. The summed E-state index contributed by atoms with van der Waals surface area (Å²) in [5.74, 6) is 2.51. The van der Waals surface area contributed by atoms with Gasteiger partial charge in [0.25, 0.3) is 0 Å². The number of halogens is 1. The first kappa shape index (κ1) is 15.6. The molecule has 1 fully saturated rings. The van der Waals surface area contributed by atoms with Crippen molar-refractivity contribution in [1.82, 2.24) is 20.0 Å². The minimum absolute atomic E-state index is 0.134. The SMILES string of the molecule is Cc1noc([C@H](C)N2CCC(c3nc4cc(Cl)ccc4o3)CC2)n1. The van der Waals surface area contributed by atoms with Crippen molar-refractivity contribution in [3.05, 3.63) is 40.8 Å². The Morgan fingerprint density at radius 1 is 1.25 bits per heavy atom. The van der Waals surface area contributed by atoms with Crippen molar-refractivity contribution in [3.8, 4) is 0 Å². The summed E-state index contributed by atoms with van der Waals surface area (Å²) in [6.07, 6.45) is 2.00. The maximum Gasteiger partial charge on any atom is 0.243 e. The van der Waals surface area contributed by atoms with Gasteiger partial charge in [-0.1, -0.05) is 16.8 Å². The first-order valence-corrected chi connectivity index (χ1v) is 8.58. The number of likely N-dealkylation sites (tertiary alicyclic amines) is 1. The molecule has 0 unspecified atom stereocenters. The van der Waals surface area contributed by atoms with Gasteiger partial charge in [0, 0.05) is 10.9 Å². The molecule has 0 N–H and O–H groups in total. The van der Waals surface area contributed by atoms with E-state index in [-0.39, 0.29) is 6.04 Å². The van der Waals surface area contributed by atoms with Crippen LogP contribution >= 0.6 is 11.6 Å². The number of oxazole rings is 1. The second-order valence-corrected chi connectivity index (χ2v) is 6.77. The van der Waals surface area contributed by atoms with Gasteiger partial charge in [0.05, 0.1) is 6.04 Å². The van der Waals surface area contributed by atoms with Crippen molar-refractivity contribution >= 4 is 22.7 Å². The number of hydrogen-bond donors (Lipinski definition) is 0. The van der Waals surface area contributed by atoms with E-state index in [2.05, 4.69) is 26.9 Å². The van der Waals surface area contributed by atoms with Crippen LogP contribution in [0.4, 0.5) is 0 Å². The molecule has 1 aliphatic rings. The van der Waals surface area contributed by atoms with E-state index in [1.165, 1.54) is 0 Å². The predicted octanol–water partition coefficient (Wildman–Crippen LogP) is 4.11. The lowest BCUT2D eigenvalue weighted by Gasteiger charge is -2.33. The smallest absolute Gasteiger partial charge is 0.243 e. The molecule has 7 heteroatoms. The van der Waals surface area contributed by atoms with Crippen molar-refractivity contribution in [2.45, 2.75) is 38.6 Å². The Balaban J connectivity index is 1.45. The van der Waals surface area contributed by atoms with E-state index >= 15 is 0 Å². The second kappa shape index (κ2) is 6.18. The average Bonchev–Trinajstić information content (AvgIpc) is 3.20. The molecule has 1 aliphatic heterocycles. The molecule has 0 spiro atoms. The Labute approximate surface area is 144 Å². The highest BCUT2D eigenvalue weighted by Crippen LogP contribution is 2.33. The summed E-state index contributed by atoms with van der Waals surface area (Å²) in [5, 5.41) is 4.56. The molecule has 0 amide bonds. The van der Waals surface area contributed by atoms with Crippen molar-refractivity contribution in [3.63, 3.8) is 0 Å². The molecule has 1 atom stereocenters. The molecule has 0 aliphatic carbocycles. The maximum atomic E-state index is 6.02. The first-order chi connectivity index (χ1) is 11.6. The van der Waals surface area contributed by atoms with Crippen molar-refractivity contribution in [2.24, 2.45) is 0 Å². The summed E-state index contributed by atoms with van der Waals surface area (Å²) in [5.41, 5.74) is 1.63. The monoisotopic (exact) mass is 346 g/mol. The Kier molecular flexibility index (Phi) is 4.02. The summed E-state index contributed by atoms with van der Waals surface area (Å²) >= 11 is 6.02. The van der Waals surface area contributed by atoms with Gasteiger partial charge in [-0.15, -0.1) is 0 Å². The fourth-order valence-electron chi connectivity index (χ4n) is 3.27. The third-order valence-corrected chi connectivity index (χ3v) is 4.93. The molecule has 1 saturated heterocycles. The van der Waals surface area contributed by atoms with E-state index in [0.29, 0.717) is 22.7 Å². The molecule has 3 heterocycles. The van der Waals surface area contributed by atoms with E-state index in [4.69, 9.17) is 20.5 Å². The Morgan fingerprint density at radius 2 is 2.04 bits per heavy atom. The van der Waals surface area contributed by atoms with Crippen LogP contribution in [0.25, 0.3) is 11.1 Å². The number of piperidine rings is 1. The zero-order chi connectivity index (χ0) is 16.7. The summed E-state index contributed by atoms with van der Waals surface area (Å²) in [4.78, 5) is 11.3. The van der Waals surface area contributed by atoms with Crippen LogP contribution in [0.2, 0.25) is 5.02 Å². The van der Waals surface area contributed by atoms with E-state index in [1.807, 2.05) is 25.1 Å². The van der Waals surface area contributed by atoms with Crippen LogP contribution < -0.4 is 0 Å². The molecular weight excluding hydrogens is 328 g/mol. The molecule has 0 saturated carbocycles. The predicted molar refractivity (Wildman–Crippen MR) is 90.0 cm³/mol. The molecule has 1 aromatic carbocycles.